The van der Waals surface area contributed by atoms with Crippen LogP contribution in [0.2, 0.25) is 0 Å². The number of carboxylic acids is 4. The van der Waals surface area contributed by atoms with E-state index >= 15 is 0 Å². The molecule has 9 nitrogen and oxygen atoms in total. The average molecular weight is 317 g/mol. The fourth-order valence-corrected chi connectivity index (χ4v) is 1.21. The molecule has 0 aromatic heterocycles. The SMILES string of the molecule is O=C(O)/C=C\C(=O)O.O=C(O)C1=CN(CF)C=C(C(=O)O)C1. The molecule has 0 aromatic carbocycles. The normalized spacial score (nSPS) is 13.6. The van der Waals surface area contributed by atoms with Crippen molar-refractivity contribution in [2.24, 2.45) is 0 Å². The van der Waals surface area contributed by atoms with Crippen molar-refractivity contribution in [3.05, 3.63) is 35.7 Å². The third kappa shape index (κ3) is 7.43. The van der Waals surface area contributed by atoms with Gasteiger partial charge in [0.05, 0.1) is 11.1 Å². The van der Waals surface area contributed by atoms with Crippen molar-refractivity contribution in [3.8, 4) is 0 Å². The minimum Gasteiger partial charge on any atom is -0.478 e. The molecule has 1 heterocycles. The molecule has 0 aromatic rings. The molecule has 0 radical (unpaired) electrons. The summed E-state index contributed by atoms with van der Waals surface area (Å²) in [6.07, 6.45) is 3.08. The first kappa shape index (κ1) is 18.8. The number of rotatable bonds is 5. The van der Waals surface area contributed by atoms with E-state index in [1.165, 1.54) is 0 Å². The number of aliphatic carboxylic acids is 4. The second-order valence-corrected chi connectivity index (χ2v) is 3.74. The molecule has 1 aliphatic rings. The molecule has 0 unspecified atom stereocenters. The minimum atomic E-state index is -1.26. The van der Waals surface area contributed by atoms with E-state index in [-0.39, 0.29) is 17.6 Å². The van der Waals surface area contributed by atoms with Crippen LogP contribution >= 0.6 is 0 Å². The molecule has 0 fully saturated rings. The third-order valence-corrected chi connectivity index (χ3v) is 2.08. The number of alkyl halides is 1. The topological polar surface area (TPSA) is 152 Å². The first-order valence-electron chi connectivity index (χ1n) is 5.51. The highest BCUT2D eigenvalue weighted by molar-refractivity contribution is 5.93. The molecule has 0 bridgehead atoms. The van der Waals surface area contributed by atoms with Gasteiger partial charge in [-0.2, -0.15) is 0 Å². The Bertz CT molecular complexity index is 517. The number of nitrogens with zero attached hydrogens (tertiary/aromatic N) is 1. The van der Waals surface area contributed by atoms with Gasteiger partial charge >= 0.3 is 23.9 Å². The smallest absolute Gasteiger partial charge is 0.333 e. The van der Waals surface area contributed by atoms with Crippen LogP contribution in [0.15, 0.2) is 35.7 Å². The molecule has 0 spiro atoms. The van der Waals surface area contributed by atoms with E-state index in [0.29, 0.717) is 12.2 Å². The molecule has 1 aliphatic heterocycles. The fraction of sp³-hybridized carbons (Fsp3) is 0.167. The molecule has 0 saturated heterocycles. The quantitative estimate of drug-likeness (QED) is 0.413. The molecule has 120 valence electrons. The predicted molar refractivity (Wildman–Crippen MR) is 68.3 cm³/mol. The maximum absolute atomic E-state index is 12.2. The first-order chi connectivity index (χ1) is 10.2. The summed E-state index contributed by atoms with van der Waals surface area (Å²) in [6, 6.07) is 0. The van der Waals surface area contributed by atoms with Gasteiger partial charge in [0.15, 0.2) is 6.80 Å². The minimum absolute atomic E-state index is 0.137. The molecule has 10 heteroatoms. The second-order valence-electron chi connectivity index (χ2n) is 3.74. The van der Waals surface area contributed by atoms with Crippen molar-refractivity contribution in [3.63, 3.8) is 0 Å². The second kappa shape index (κ2) is 8.89. The summed E-state index contributed by atoms with van der Waals surface area (Å²) in [5.41, 5.74) is -0.273. The van der Waals surface area contributed by atoms with E-state index < -0.39 is 30.7 Å². The van der Waals surface area contributed by atoms with E-state index in [9.17, 15) is 23.6 Å². The Morgan fingerprint density at radius 1 is 0.955 bits per heavy atom. The Labute approximate surface area is 122 Å². The van der Waals surface area contributed by atoms with Gasteiger partial charge in [-0.25, -0.2) is 23.6 Å². The lowest BCUT2D eigenvalue weighted by atomic mass is 10.0. The van der Waals surface area contributed by atoms with Gasteiger partial charge in [0.1, 0.15) is 0 Å². The highest BCUT2D eigenvalue weighted by Gasteiger charge is 2.20. The molecule has 1 rings (SSSR count). The summed E-state index contributed by atoms with van der Waals surface area (Å²) in [7, 11) is 0. The first-order valence-corrected chi connectivity index (χ1v) is 5.51. The van der Waals surface area contributed by atoms with Crippen LogP contribution in [0.5, 0.6) is 0 Å². The standard InChI is InChI=1S/C8H8FNO4.C4H4O4/c9-4-10-2-5(7(11)12)1-6(3-10)8(13)14;5-3(6)1-2-4(7)8/h2-3H,1,4H2,(H,11,12)(H,13,14);1-2H,(H,5,6)(H,7,8)/b;2-1-. The van der Waals surface area contributed by atoms with Crippen molar-refractivity contribution in [1.82, 2.24) is 4.90 Å². The number of hydrogen-bond donors (Lipinski definition) is 4. The number of halogens is 1. The zero-order chi connectivity index (χ0) is 17.3. The van der Waals surface area contributed by atoms with Crippen molar-refractivity contribution in [2.75, 3.05) is 6.80 Å². The van der Waals surface area contributed by atoms with E-state index in [1.807, 2.05) is 0 Å². The number of hydrogen-bond acceptors (Lipinski definition) is 5. The van der Waals surface area contributed by atoms with Crippen molar-refractivity contribution in [2.45, 2.75) is 6.42 Å². The summed E-state index contributed by atoms with van der Waals surface area (Å²) in [4.78, 5) is 41.1. The van der Waals surface area contributed by atoms with Gasteiger partial charge in [0.2, 0.25) is 0 Å². The Hall–Kier alpha value is -3.17. The highest BCUT2D eigenvalue weighted by atomic mass is 19.1. The maximum Gasteiger partial charge on any atom is 0.333 e. The molecule has 0 atom stereocenters. The lowest BCUT2D eigenvalue weighted by molar-refractivity contribution is -0.134. The summed E-state index contributed by atoms with van der Waals surface area (Å²) in [6.45, 7) is -0.951. The van der Waals surface area contributed by atoms with E-state index in [4.69, 9.17) is 20.4 Å². The molecule has 0 saturated carbocycles. The van der Waals surface area contributed by atoms with Crippen molar-refractivity contribution < 1.29 is 44.0 Å². The third-order valence-electron chi connectivity index (χ3n) is 2.08. The highest BCUT2D eigenvalue weighted by Crippen LogP contribution is 2.19. The molecule has 0 aliphatic carbocycles. The summed E-state index contributed by atoms with van der Waals surface area (Å²) >= 11 is 0. The zero-order valence-electron chi connectivity index (χ0n) is 11.0. The van der Waals surface area contributed by atoms with Crippen molar-refractivity contribution in [1.29, 1.82) is 0 Å². The van der Waals surface area contributed by atoms with Crippen LogP contribution in [0.3, 0.4) is 0 Å². The van der Waals surface area contributed by atoms with Gasteiger partial charge in [-0.1, -0.05) is 0 Å². The largest absolute Gasteiger partial charge is 0.478 e. The zero-order valence-corrected chi connectivity index (χ0v) is 11.0. The van der Waals surface area contributed by atoms with Gasteiger partial charge in [0.25, 0.3) is 0 Å². The van der Waals surface area contributed by atoms with Gasteiger partial charge in [-0.3, -0.25) is 0 Å². The Morgan fingerprint density at radius 2 is 1.32 bits per heavy atom. The molecule has 4 N–H and O–H groups in total. The lowest BCUT2D eigenvalue weighted by Crippen LogP contribution is -2.20. The Morgan fingerprint density at radius 3 is 1.55 bits per heavy atom. The van der Waals surface area contributed by atoms with Gasteiger partial charge in [-0.15, -0.1) is 0 Å². The summed E-state index contributed by atoms with van der Waals surface area (Å²) in [5.74, 6) is -4.99. The Kier molecular flexibility index (Phi) is 7.61. The molecule has 0 amide bonds. The number of carboxylic acid groups (broad SMARTS) is 4. The van der Waals surface area contributed by atoms with Crippen LogP contribution in [-0.4, -0.2) is 56.0 Å². The molecular weight excluding hydrogens is 305 g/mol. The van der Waals surface area contributed by atoms with E-state index in [2.05, 4.69) is 0 Å². The maximum atomic E-state index is 12.2. The molecular formula is C12H12FNO8. The monoisotopic (exact) mass is 317 g/mol. The Balaban J connectivity index is 0.000000472. The van der Waals surface area contributed by atoms with Crippen LogP contribution in [-0.2, 0) is 19.2 Å². The van der Waals surface area contributed by atoms with Crippen LogP contribution in [0.25, 0.3) is 0 Å². The number of carbonyl (C=O) groups is 4. The summed E-state index contributed by atoms with van der Waals surface area (Å²) < 4.78 is 12.2. The van der Waals surface area contributed by atoms with Crippen LogP contribution in [0.4, 0.5) is 4.39 Å². The summed E-state index contributed by atoms with van der Waals surface area (Å²) in [5, 5.41) is 32.9. The predicted octanol–water partition coefficient (Wildman–Crippen LogP) is 0.268. The van der Waals surface area contributed by atoms with Crippen LogP contribution in [0.1, 0.15) is 6.42 Å². The lowest BCUT2D eigenvalue weighted by Gasteiger charge is -2.18. The van der Waals surface area contributed by atoms with E-state index in [0.717, 1.165) is 17.3 Å². The van der Waals surface area contributed by atoms with Gasteiger partial charge < -0.3 is 25.3 Å². The van der Waals surface area contributed by atoms with E-state index in [1.54, 1.807) is 0 Å². The fourth-order valence-electron chi connectivity index (χ4n) is 1.21. The van der Waals surface area contributed by atoms with Crippen molar-refractivity contribution >= 4 is 23.9 Å². The van der Waals surface area contributed by atoms with Crippen LogP contribution in [0, 0.1) is 0 Å². The molecule has 22 heavy (non-hydrogen) atoms. The average Bonchev–Trinajstić information content (AvgIpc) is 2.45. The van der Waals surface area contributed by atoms with Gasteiger partial charge in [-0.05, 0) is 0 Å². The van der Waals surface area contributed by atoms with Gasteiger partial charge in [0, 0.05) is 31.0 Å². The van der Waals surface area contributed by atoms with Crippen LogP contribution < -0.4 is 0 Å².